The number of aliphatic hydroxyl groups is 1. The smallest absolute Gasteiger partial charge is 0.0946 e. The number of aliphatic hydroxyl groups excluding tert-OH is 1. The molecule has 0 aromatic carbocycles. The topological polar surface area (TPSA) is 38.0 Å². The van der Waals surface area contributed by atoms with Crippen LogP contribution < -0.4 is 0 Å². The van der Waals surface area contributed by atoms with E-state index in [1.807, 2.05) is 10.8 Å². The first-order valence-electron chi connectivity index (χ1n) is 6.17. The normalized spacial score (nSPS) is 14.0. The second kappa shape index (κ2) is 6.04. The van der Waals surface area contributed by atoms with Gasteiger partial charge in [0.1, 0.15) is 0 Å². The van der Waals surface area contributed by atoms with E-state index in [0.29, 0.717) is 12.0 Å². The number of imidazole rings is 1. The molecule has 0 aliphatic rings. The van der Waals surface area contributed by atoms with Crippen molar-refractivity contribution < 1.29 is 5.11 Å². The van der Waals surface area contributed by atoms with Crippen molar-refractivity contribution in [2.75, 3.05) is 0 Å². The molecule has 0 saturated heterocycles. The summed E-state index contributed by atoms with van der Waals surface area (Å²) in [6, 6.07) is 0. The Balaban J connectivity index is 2.18. The zero-order chi connectivity index (χ0) is 12.0. The summed E-state index contributed by atoms with van der Waals surface area (Å²) in [6.45, 7) is 7.46. The molecule has 0 aliphatic heterocycles. The van der Waals surface area contributed by atoms with E-state index in [2.05, 4.69) is 25.8 Å². The van der Waals surface area contributed by atoms with Crippen LogP contribution in [-0.2, 0) is 6.54 Å². The molecule has 1 N–H and O–H groups in total. The lowest BCUT2D eigenvalue weighted by Gasteiger charge is -2.23. The van der Waals surface area contributed by atoms with Crippen LogP contribution in [0.2, 0.25) is 0 Å². The number of rotatable bonds is 7. The van der Waals surface area contributed by atoms with Gasteiger partial charge in [-0.2, -0.15) is 0 Å². The molecule has 1 heterocycles. The third-order valence-electron chi connectivity index (χ3n) is 3.33. The van der Waals surface area contributed by atoms with Crippen LogP contribution in [0.1, 0.15) is 46.5 Å². The molecule has 0 aliphatic carbocycles. The molecule has 1 rings (SSSR count). The largest absolute Gasteiger partial charge is 0.391 e. The molecular formula is C13H24N2O. The predicted octanol–water partition coefficient (Wildman–Crippen LogP) is 2.85. The Morgan fingerprint density at radius 1 is 1.44 bits per heavy atom. The van der Waals surface area contributed by atoms with E-state index in [4.69, 9.17) is 0 Å². The summed E-state index contributed by atoms with van der Waals surface area (Å²) < 4.78 is 1.93. The Hall–Kier alpha value is -0.830. The number of aromatic nitrogens is 2. The van der Waals surface area contributed by atoms with Gasteiger partial charge in [-0.05, 0) is 18.3 Å². The lowest BCUT2D eigenvalue weighted by atomic mass is 9.84. The van der Waals surface area contributed by atoms with Gasteiger partial charge in [0.05, 0.1) is 12.4 Å². The van der Waals surface area contributed by atoms with Crippen molar-refractivity contribution in [3.8, 4) is 0 Å². The van der Waals surface area contributed by atoms with Crippen LogP contribution in [0.4, 0.5) is 0 Å². The number of hydrogen-bond donors (Lipinski definition) is 1. The third-order valence-corrected chi connectivity index (χ3v) is 3.33. The Morgan fingerprint density at radius 3 is 2.75 bits per heavy atom. The van der Waals surface area contributed by atoms with Gasteiger partial charge in [-0.15, -0.1) is 0 Å². The molecule has 92 valence electrons. The highest BCUT2D eigenvalue weighted by Gasteiger charge is 2.15. The van der Waals surface area contributed by atoms with E-state index in [1.165, 1.54) is 12.8 Å². The summed E-state index contributed by atoms with van der Waals surface area (Å²) >= 11 is 0. The van der Waals surface area contributed by atoms with Gasteiger partial charge in [-0.3, -0.25) is 0 Å². The van der Waals surface area contributed by atoms with Crippen LogP contribution in [-0.4, -0.2) is 20.8 Å². The van der Waals surface area contributed by atoms with Crippen molar-refractivity contribution in [3.63, 3.8) is 0 Å². The fraction of sp³-hybridized carbons (Fsp3) is 0.769. The fourth-order valence-electron chi connectivity index (χ4n) is 1.72. The van der Waals surface area contributed by atoms with E-state index >= 15 is 0 Å². The molecule has 0 radical (unpaired) electrons. The average Bonchev–Trinajstić information content (AvgIpc) is 2.70. The monoisotopic (exact) mass is 224 g/mol. The summed E-state index contributed by atoms with van der Waals surface area (Å²) in [6.07, 6.45) is 9.49. The molecule has 0 saturated carbocycles. The van der Waals surface area contributed by atoms with Gasteiger partial charge < -0.3 is 9.67 Å². The van der Waals surface area contributed by atoms with Gasteiger partial charge in [0.25, 0.3) is 0 Å². The van der Waals surface area contributed by atoms with E-state index in [0.717, 1.165) is 12.8 Å². The Labute approximate surface area is 98.5 Å². The molecule has 0 amide bonds. The van der Waals surface area contributed by atoms with Crippen LogP contribution in [0, 0.1) is 5.41 Å². The van der Waals surface area contributed by atoms with Gasteiger partial charge in [0.2, 0.25) is 0 Å². The first-order valence-corrected chi connectivity index (χ1v) is 6.17. The lowest BCUT2D eigenvalue weighted by Crippen LogP contribution is -2.16. The highest BCUT2D eigenvalue weighted by Crippen LogP contribution is 2.27. The molecule has 3 nitrogen and oxygen atoms in total. The molecule has 0 unspecified atom stereocenters. The molecule has 1 aromatic heterocycles. The zero-order valence-electron chi connectivity index (χ0n) is 10.7. The maximum atomic E-state index is 9.84. The quantitative estimate of drug-likeness (QED) is 0.773. The highest BCUT2D eigenvalue weighted by atomic mass is 16.3. The summed E-state index contributed by atoms with van der Waals surface area (Å²) in [7, 11) is 0. The first kappa shape index (κ1) is 13.2. The summed E-state index contributed by atoms with van der Waals surface area (Å²) in [4.78, 5) is 3.96. The van der Waals surface area contributed by atoms with Gasteiger partial charge in [0, 0.05) is 18.9 Å². The summed E-state index contributed by atoms with van der Waals surface area (Å²) in [5.74, 6) is 0. The second-order valence-electron chi connectivity index (χ2n) is 5.32. The molecular weight excluding hydrogens is 200 g/mol. The van der Waals surface area contributed by atoms with Gasteiger partial charge >= 0.3 is 0 Å². The molecule has 0 spiro atoms. The van der Waals surface area contributed by atoms with E-state index in [1.54, 1.807) is 12.5 Å². The van der Waals surface area contributed by atoms with Crippen LogP contribution >= 0.6 is 0 Å². The van der Waals surface area contributed by atoms with Crippen LogP contribution in [0.5, 0.6) is 0 Å². The lowest BCUT2D eigenvalue weighted by molar-refractivity contribution is 0.135. The molecule has 16 heavy (non-hydrogen) atoms. The second-order valence-corrected chi connectivity index (χ2v) is 5.32. The Kier molecular flexibility index (Phi) is 5.00. The van der Waals surface area contributed by atoms with Crippen molar-refractivity contribution in [2.45, 2.75) is 59.1 Å². The third kappa shape index (κ3) is 4.79. The fourth-order valence-corrected chi connectivity index (χ4v) is 1.72. The van der Waals surface area contributed by atoms with Crippen LogP contribution in [0.25, 0.3) is 0 Å². The van der Waals surface area contributed by atoms with Crippen molar-refractivity contribution in [1.29, 1.82) is 0 Å². The maximum absolute atomic E-state index is 9.84. The van der Waals surface area contributed by atoms with Crippen molar-refractivity contribution >= 4 is 0 Å². The average molecular weight is 224 g/mol. The molecule has 1 atom stereocenters. The van der Waals surface area contributed by atoms with Crippen molar-refractivity contribution in [1.82, 2.24) is 9.55 Å². The van der Waals surface area contributed by atoms with Crippen LogP contribution in [0.3, 0.4) is 0 Å². The van der Waals surface area contributed by atoms with E-state index < -0.39 is 0 Å². The number of hydrogen-bond acceptors (Lipinski definition) is 2. The van der Waals surface area contributed by atoms with Crippen molar-refractivity contribution in [3.05, 3.63) is 18.7 Å². The standard InChI is InChI=1S/C13H24N2O/c1-4-13(2,3)7-5-6-12(16)10-15-9-8-14-11-15/h8-9,11-12,16H,4-7,10H2,1-3H3/t12-/m0/s1. The molecule has 1 aromatic rings. The predicted molar refractivity (Wildman–Crippen MR) is 66.2 cm³/mol. The van der Waals surface area contributed by atoms with E-state index in [9.17, 15) is 5.11 Å². The zero-order valence-corrected chi connectivity index (χ0v) is 10.7. The summed E-state index contributed by atoms with van der Waals surface area (Å²) in [5.41, 5.74) is 0.411. The Bertz CT molecular complexity index is 280. The number of nitrogens with zero attached hydrogens (tertiary/aromatic N) is 2. The first-order chi connectivity index (χ1) is 7.53. The maximum Gasteiger partial charge on any atom is 0.0946 e. The minimum absolute atomic E-state index is 0.248. The molecule has 3 heteroatoms. The van der Waals surface area contributed by atoms with Crippen molar-refractivity contribution in [2.24, 2.45) is 5.41 Å². The highest BCUT2D eigenvalue weighted by molar-refractivity contribution is 4.76. The molecule has 0 bridgehead atoms. The minimum Gasteiger partial charge on any atom is -0.391 e. The van der Waals surface area contributed by atoms with Crippen LogP contribution in [0.15, 0.2) is 18.7 Å². The summed E-state index contributed by atoms with van der Waals surface area (Å²) in [5, 5.41) is 9.84. The molecule has 0 fully saturated rings. The minimum atomic E-state index is -0.248. The van der Waals surface area contributed by atoms with Gasteiger partial charge in [0.15, 0.2) is 0 Å². The van der Waals surface area contributed by atoms with Gasteiger partial charge in [-0.1, -0.05) is 33.6 Å². The Morgan fingerprint density at radius 2 is 2.19 bits per heavy atom. The van der Waals surface area contributed by atoms with Gasteiger partial charge in [-0.25, -0.2) is 4.98 Å². The SMILES string of the molecule is CCC(C)(C)CCC[C@H](O)Cn1ccnc1. The van der Waals surface area contributed by atoms with E-state index in [-0.39, 0.29) is 6.10 Å².